The normalized spacial score (nSPS) is 16.0. The predicted molar refractivity (Wildman–Crippen MR) is 121 cm³/mol. The van der Waals surface area contributed by atoms with Crippen LogP contribution < -0.4 is 0 Å². The minimum absolute atomic E-state index is 0.241. The summed E-state index contributed by atoms with van der Waals surface area (Å²) in [4.78, 5) is 0. The van der Waals surface area contributed by atoms with Crippen molar-refractivity contribution < 1.29 is 5.11 Å². The van der Waals surface area contributed by atoms with Crippen molar-refractivity contribution in [2.45, 2.75) is 18.4 Å². The van der Waals surface area contributed by atoms with E-state index in [-0.39, 0.29) is 5.92 Å². The average molecular weight is 390 g/mol. The Bertz CT molecular complexity index is 1360. The van der Waals surface area contributed by atoms with Crippen molar-refractivity contribution in [2.75, 3.05) is 0 Å². The van der Waals surface area contributed by atoms with E-state index in [0.717, 1.165) is 51.3 Å². The van der Waals surface area contributed by atoms with Crippen LogP contribution in [0.4, 0.5) is 0 Å². The van der Waals surface area contributed by atoms with Gasteiger partial charge >= 0.3 is 0 Å². The largest absolute Gasteiger partial charge is 0.380 e. The minimum atomic E-state index is -0.996. The van der Waals surface area contributed by atoms with Gasteiger partial charge in [-0.1, -0.05) is 66.7 Å². The Morgan fingerprint density at radius 3 is 2.40 bits per heavy atom. The molecule has 1 aliphatic rings. The van der Waals surface area contributed by atoms with Crippen molar-refractivity contribution >= 4 is 21.7 Å². The van der Waals surface area contributed by atoms with Crippen molar-refractivity contribution in [1.82, 2.24) is 9.78 Å². The monoisotopic (exact) mass is 390 g/mol. The lowest BCUT2D eigenvalue weighted by molar-refractivity contribution is 0.0581. The molecule has 3 nitrogen and oxygen atoms in total. The Hall–Kier alpha value is -3.43. The van der Waals surface area contributed by atoms with Crippen LogP contribution in [0.25, 0.3) is 27.4 Å². The van der Waals surface area contributed by atoms with Crippen molar-refractivity contribution in [1.29, 1.82) is 0 Å². The van der Waals surface area contributed by atoms with Crippen LogP contribution in [0.2, 0.25) is 0 Å². The molecule has 1 fully saturated rings. The zero-order valence-electron chi connectivity index (χ0n) is 16.6. The molecule has 0 spiro atoms. The summed E-state index contributed by atoms with van der Waals surface area (Å²) in [6, 6.07) is 31.0. The van der Waals surface area contributed by atoms with E-state index < -0.39 is 5.60 Å². The van der Waals surface area contributed by atoms with Gasteiger partial charge in [0, 0.05) is 5.39 Å². The molecule has 1 aromatic heterocycles. The van der Waals surface area contributed by atoms with E-state index >= 15 is 0 Å². The second kappa shape index (κ2) is 6.54. The quantitative estimate of drug-likeness (QED) is 0.420. The molecule has 0 saturated heterocycles. The fourth-order valence-corrected chi connectivity index (χ4v) is 4.71. The molecular formula is C27H22N2O. The first-order valence-corrected chi connectivity index (χ1v) is 10.5. The Kier molecular flexibility index (Phi) is 3.80. The van der Waals surface area contributed by atoms with E-state index in [1.54, 1.807) is 0 Å². The van der Waals surface area contributed by atoms with Gasteiger partial charge in [0.25, 0.3) is 0 Å². The minimum Gasteiger partial charge on any atom is -0.380 e. The van der Waals surface area contributed by atoms with E-state index in [0.29, 0.717) is 0 Å². The Labute approximate surface area is 175 Å². The molecule has 4 aromatic carbocycles. The van der Waals surface area contributed by atoms with Crippen LogP contribution in [-0.4, -0.2) is 14.9 Å². The SMILES string of the molecule is OC(c1ccc2c(cnn2-c2ccccc2)c1)(c1cccc2ccccc12)C1CC1. The number of rotatable bonds is 4. The van der Waals surface area contributed by atoms with Crippen LogP contribution in [0.3, 0.4) is 0 Å². The third kappa shape index (κ3) is 2.59. The molecule has 1 unspecified atom stereocenters. The number of para-hydroxylation sites is 1. The van der Waals surface area contributed by atoms with E-state index in [1.807, 2.05) is 41.2 Å². The van der Waals surface area contributed by atoms with Gasteiger partial charge in [0.15, 0.2) is 0 Å². The Balaban J connectivity index is 1.54. The van der Waals surface area contributed by atoms with E-state index in [2.05, 4.69) is 65.8 Å². The van der Waals surface area contributed by atoms with Crippen LogP contribution >= 0.6 is 0 Å². The maximum absolute atomic E-state index is 12.1. The molecule has 1 N–H and O–H groups in total. The first kappa shape index (κ1) is 17.4. The zero-order chi connectivity index (χ0) is 20.1. The van der Waals surface area contributed by atoms with Gasteiger partial charge in [0.2, 0.25) is 0 Å². The summed E-state index contributed by atoms with van der Waals surface area (Å²) in [7, 11) is 0. The third-order valence-electron chi connectivity index (χ3n) is 6.38. The lowest BCUT2D eigenvalue weighted by Crippen LogP contribution is -2.30. The topological polar surface area (TPSA) is 38.1 Å². The highest BCUT2D eigenvalue weighted by atomic mass is 16.3. The molecule has 6 rings (SSSR count). The number of nitrogens with zero attached hydrogens (tertiary/aromatic N) is 2. The Morgan fingerprint density at radius 1 is 0.800 bits per heavy atom. The smallest absolute Gasteiger partial charge is 0.118 e. The molecule has 1 aliphatic carbocycles. The van der Waals surface area contributed by atoms with Crippen molar-refractivity contribution in [3.05, 3.63) is 108 Å². The Morgan fingerprint density at radius 2 is 1.57 bits per heavy atom. The molecular weight excluding hydrogens is 368 g/mol. The van der Waals surface area contributed by atoms with Crippen molar-refractivity contribution in [3.63, 3.8) is 0 Å². The summed E-state index contributed by atoms with van der Waals surface area (Å²) in [6.45, 7) is 0. The highest BCUT2D eigenvalue weighted by Gasteiger charge is 2.47. The van der Waals surface area contributed by atoms with Crippen LogP contribution in [-0.2, 0) is 5.60 Å². The number of aliphatic hydroxyl groups is 1. The molecule has 1 atom stereocenters. The van der Waals surface area contributed by atoms with Gasteiger partial charge in [-0.3, -0.25) is 0 Å². The van der Waals surface area contributed by atoms with Crippen LogP contribution in [0, 0.1) is 5.92 Å². The van der Waals surface area contributed by atoms with E-state index in [1.165, 1.54) is 0 Å². The van der Waals surface area contributed by atoms with Gasteiger partial charge in [-0.25, -0.2) is 4.68 Å². The number of benzene rings is 4. The molecule has 0 bridgehead atoms. The summed E-state index contributed by atoms with van der Waals surface area (Å²) in [6.07, 6.45) is 3.98. The third-order valence-corrected chi connectivity index (χ3v) is 6.38. The number of hydrogen-bond acceptors (Lipinski definition) is 2. The van der Waals surface area contributed by atoms with Crippen LogP contribution in [0.5, 0.6) is 0 Å². The van der Waals surface area contributed by atoms with Crippen molar-refractivity contribution in [3.8, 4) is 5.69 Å². The second-order valence-corrected chi connectivity index (χ2v) is 8.23. The van der Waals surface area contributed by atoms with Gasteiger partial charge < -0.3 is 5.11 Å². The summed E-state index contributed by atoms with van der Waals surface area (Å²) >= 11 is 0. The van der Waals surface area contributed by atoms with E-state index in [9.17, 15) is 5.11 Å². The maximum atomic E-state index is 12.1. The van der Waals surface area contributed by atoms with Gasteiger partial charge in [-0.15, -0.1) is 0 Å². The second-order valence-electron chi connectivity index (χ2n) is 8.23. The van der Waals surface area contributed by atoms with E-state index in [4.69, 9.17) is 0 Å². The number of aromatic nitrogens is 2. The maximum Gasteiger partial charge on any atom is 0.118 e. The number of fused-ring (bicyclic) bond motifs is 2. The van der Waals surface area contributed by atoms with Crippen molar-refractivity contribution in [2.24, 2.45) is 5.92 Å². The summed E-state index contributed by atoms with van der Waals surface area (Å²) < 4.78 is 1.95. The van der Waals surface area contributed by atoms with Crippen LogP contribution in [0.1, 0.15) is 24.0 Å². The lowest BCUT2D eigenvalue weighted by atomic mass is 9.79. The molecule has 0 amide bonds. The molecule has 0 aliphatic heterocycles. The molecule has 1 heterocycles. The molecule has 3 heteroatoms. The zero-order valence-corrected chi connectivity index (χ0v) is 16.6. The van der Waals surface area contributed by atoms with Gasteiger partial charge in [0.05, 0.1) is 17.4 Å². The first-order valence-electron chi connectivity index (χ1n) is 10.5. The average Bonchev–Trinajstić information content (AvgIpc) is 3.58. The summed E-state index contributed by atoms with van der Waals surface area (Å²) in [5, 5.41) is 20.1. The molecule has 30 heavy (non-hydrogen) atoms. The summed E-state index contributed by atoms with van der Waals surface area (Å²) in [5.74, 6) is 0.241. The fraction of sp³-hybridized carbons (Fsp3) is 0.148. The first-order chi connectivity index (χ1) is 14.7. The fourth-order valence-electron chi connectivity index (χ4n) is 4.71. The predicted octanol–water partition coefficient (Wildman–Crippen LogP) is 5.82. The lowest BCUT2D eigenvalue weighted by Gasteiger charge is -2.31. The standard InChI is InChI=1S/C27H22N2O/c30-27(21-13-14-21,25-12-6-8-19-7-4-5-11-24(19)25)22-15-16-26-20(17-22)18-28-29(26)23-9-2-1-3-10-23/h1-12,15-18,21,30H,13-14H2. The number of hydrogen-bond donors (Lipinski definition) is 1. The highest BCUT2D eigenvalue weighted by Crippen LogP contribution is 2.51. The highest BCUT2D eigenvalue weighted by molar-refractivity contribution is 5.88. The van der Waals surface area contributed by atoms with Gasteiger partial charge in [-0.05, 0) is 64.9 Å². The summed E-state index contributed by atoms with van der Waals surface area (Å²) in [5.41, 5.74) is 3.02. The van der Waals surface area contributed by atoms with Crippen LogP contribution in [0.15, 0.2) is 97.2 Å². The van der Waals surface area contributed by atoms with Gasteiger partial charge in [0.1, 0.15) is 5.60 Å². The van der Waals surface area contributed by atoms with Gasteiger partial charge in [-0.2, -0.15) is 5.10 Å². The molecule has 1 saturated carbocycles. The molecule has 5 aromatic rings. The molecule has 0 radical (unpaired) electrons. The molecule has 146 valence electrons.